The molecule has 0 fully saturated rings. The summed E-state index contributed by atoms with van der Waals surface area (Å²) < 4.78 is 23.8. The minimum absolute atomic E-state index is 0.113. The van der Waals surface area contributed by atoms with Gasteiger partial charge in [0.15, 0.2) is 0 Å². The molecule has 0 saturated carbocycles. The summed E-state index contributed by atoms with van der Waals surface area (Å²) in [7, 11) is 1.60. The summed E-state index contributed by atoms with van der Waals surface area (Å²) in [6.07, 6.45) is 2.84. The van der Waals surface area contributed by atoms with E-state index in [1.165, 1.54) is 18.2 Å². The molecular formula is C14H17FO4. The van der Waals surface area contributed by atoms with E-state index in [0.29, 0.717) is 24.3 Å². The van der Waals surface area contributed by atoms with Gasteiger partial charge in [-0.25, -0.2) is 9.18 Å². The molecule has 1 N–H and O–H groups in total. The zero-order valence-corrected chi connectivity index (χ0v) is 10.9. The van der Waals surface area contributed by atoms with Crippen LogP contribution in [0.15, 0.2) is 24.3 Å². The molecule has 0 aromatic heterocycles. The SMILES string of the molecule is COCCC(C)Oc1cc(F)cc(/C=C/C(=O)O)c1. The molecule has 1 atom stereocenters. The van der Waals surface area contributed by atoms with Gasteiger partial charge < -0.3 is 14.6 Å². The van der Waals surface area contributed by atoms with E-state index in [4.69, 9.17) is 14.6 Å². The van der Waals surface area contributed by atoms with Crippen molar-refractivity contribution in [2.75, 3.05) is 13.7 Å². The molecule has 0 heterocycles. The summed E-state index contributed by atoms with van der Waals surface area (Å²) >= 11 is 0. The first-order chi connectivity index (χ1) is 9.01. The number of hydrogen-bond donors (Lipinski definition) is 1. The second-order valence-corrected chi connectivity index (χ2v) is 4.10. The maximum absolute atomic E-state index is 13.4. The summed E-state index contributed by atoms with van der Waals surface area (Å²) in [6.45, 7) is 2.42. The standard InChI is InChI=1S/C14H17FO4/c1-10(5-6-18-2)19-13-8-11(3-4-14(16)17)7-12(15)9-13/h3-4,7-10H,5-6H2,1-2H3,(H,16,17)/b4-3+. The molecule has 0 bridgehead atoms. The fourth-order valence-electron chi connectivity index (χ4n) is 1.49. The molecule has 19 heavy (non-hydrogen) atoms. The van der Waals surface area contributed by atoms with Crippen molar-refractivity contribution in [2.24, 2.45) is 0 Å². The normalized spacial score (nSPS) is 12.6. The van der Waals surface area contributed by atoms with Crippen LogP contribution in [-0.2, 0) is 9.53 Å². The van der Waals surface area contributed by atoms with Crippen LogP contribution in [0.5, 0.6) is 5.75 Å². The van der Waals surface area contributed by atoms with Gasteiger partial charge in [-0.15, -0.1) is 0 Å². The van der Waals surface area contributed by atoms with Crippen molar-refractivity contribution in [3.63, 3.8) is 0 Å². The monoisotopic (exact) mass is 268 g/mol. The van der Waals surface area contributed by atoms with Crippen LogP contribution in [-0.4, -0.2) is 30.9 Å². The third kappa shape index (κ3) is 6.01. The summed E-state index contributed by atoms with van der Waals surface area (Å²) in [6, 6.07) is 4.10. The predicted molar refractivity (Wildman–Crippen MR) is 69.7 cm³/mol. The zero-order valence-electron chi connectivity index (χ0n) is 10.9. The number of aliphatic carboxylic acids is 1. The van der Waals surface area contributed by atoms with Crippen molar-refractivity contribution in [3.05, 3.63) is 35.7 Å². The average Bonchev–Trinajstić information content (AvgIpc) is 2.33. The van der Waals surface area contributed by atoms with E-state index in [-0.39, 0.29) is 6.10 Å². The Morgan fingerprint density at radius 1 is 1.47 bits per heavy atom. The van der Waals surface area contributed by atoms with Gasteiger partial charge in [-0.1, -0.05) is 0 Å². The van der Waals surface area contributed by atoms with E-state index in [1.54, 1.807) is 13.2 Å². The summed E-state index contributed by atoms with van der Waals surface area (Å²) in [5.41, 5.74) is 0.441. The Hall–Kier alpha value is -1.88. The van der Waals surface area contributed by atoms with Gasteiger partial charge in [-0.2, -0.15) is 0 Å². The number of halogens is 1. The number of carboxylic acids is 1. The first kappa shape index (κ1) is 15.2. The fourth-order valence-corrected chi connectivity index (χ4v) is 1.49. The quantitative estimate of drug-likeness (QED) is 0.772. The van der Waals surface area contributed by atoms with Crippen LogP contribution >= 0.6 is 0 Å². The van der Waals surface area contributed by atoms with Crippen molar-refractivity contribution in [3.8, 4) is 5.75 Å². The number of methoxy groups -OCH3 is 1. The number of benzene rings is 1. The largest absolute Gasteiger partial charge is 0.491 e. The molecule has 0 radical (unpaired) electrons. The lowest BCUT2D eigenvalue weighted by Gasteiger charge is -2.14. The molecule has 4 nitrogen and oxygen atoms in total. The highest BCUT2D eigenvalue weighted by atomic mass is 19.1. The molecule has 0 saturated heterocycles. The third-order valence-electron chi connectivity index (χ3n) is 2.38. The van der Waals surface area contributed by atoms with Gasteiger partial charge in [-0.05, 0) is 30.7 Å². The van der Waals surface area contributed by atoms with Crippen LogP contribution in [0.4, 0.5) is 4.39 Å². The maximum Gasteiger partial charge on any atom is 0.328 e. The lowest BCUT2D eigenvalue weighted by molar-refractivity contribution is -0.131. The minimum Gasteiger partial charge on any atom is -0.491 e. The van der Waals surface area contributed by atoms with Crippen LogP contribution in [0.2, 0.25) is 0 Å². The van der Waals surface area contributed by atoms with Gasteiger partial charge in [0.05, 0.1) is 6.10 Å². The Kier molecular flexibility index (Phi) is 6.02. The second-order valence-electron chi connectivity index (χ2n) is 4.10. The molecule has 104 valence electrons. The van der Waals surface area contributed by atoms with Gasteiger partial charge >= 0.3 is 5.97 Å². The lowest BCUT2D eigenvalue weighted by atomic mass is 10.2. The molecule has 0 aliphatic heterocycles. The van der Waals surface area contributed by atoms with Gasteiger partial charge in [0.2, 0.25) is 0 Å². The highest BCUT2D eigenvalue weighted by Gasteiger charge is 2.06. The van der Waals surface area contributed by atoms with Gasteiger partial charge in [0.1, 0.15) is 11.6 Å². The topological polar surface area (TPSA) is 55.8 Å². The Bertz CT molecular complexity index is 457. The van der Waals surface area contributed by atoms with Crippen molar-refractivity contribution >= 4 is 12.0 Å². The molecule has 0 aliphatic carbocycles. The molecule has 0 amide bonds. The molecule has 1 aromatic rings. The van der Waals surface area contributed by atoms with E-state index in [9.17, 15) is 9.18 Å². The molecule has 1 unspecified atom stereocenters. The Morgan fingerprint density at radius 2 is 2.21 bits per heavy atom. The smallest absolute Gasteiger partial charge is 0.328 e. The number of rotatable bonds is 7. The van der Waals surface area contributed by atoms with Crippen LogP contribution in [0.3, 0.4) is 0 Å². The molecule has 0 spiro atoms. The molecule has 0 aliphatic rings. The summed E-state index contributed by atoms with van der Waals surface area (Å²) in [4.78, 5) is 10.4. The fraction of sp³-hybridized carbons (Fsp3) is 0.357. The van der Waals surface area contributed by atoms with Crippen molar-refractivity contribution < 1.29 is 23.8 Å². The van der Waals surface area contributed by atoms with E-state index < -0.39 is 11.8 Å². The van der Waals surface area contributed by atoms with E-state index in [0.717, 1.165) is 6.08 Å². The van der Waals surface area contributed by atoms with E-state index in [1.807, 2.05) is 6.92 Å². The van der Waals surface area contributed by atoms with E-state index >= 15 is 0 Å². The number of hydrogen-bond acceptors (Lipinski definition) is 3. The van der Waals surface area contributed by atoms with Crippen molar-refractivity contribution in [1.29, 1.82) is 0 Å². The Morgan fingerprint density at radius 3 is 2.84 bits per heavy atom. The van der Waals surface area contributed by atoms with Gasteiger partial charge in [0, 0.05) is 32.3 Å². The molecule has 5 heteroatoms. The van der Waals surface area contributed by atoms with Crippen molar-refractivity contribution in [2.45, 2.75) is 19.4 Å². The number of ether oxygens (including phenoxy) is 2. The van der Waals surface area contributed by atoms with Crippen molar-refractivity contribution in [1.82, 2.24) is 0 Å². The minimum atomic E-state index is -1.08. The first-order valence-corrected chi connectivity index (χ1v) is 5.88. The highest BCUT2D eigenvalue weighted by molar-refractivity contribution is 5.85. The van der Waals surface area contributed by atoms with Gasteiger partial charge in [-0.3, -0.25) is 0 Å². The van der Waals surface area contributed by atoms with Crippen LogP contribution in [0, 0.1) is 5.82 Å². The average molecular weight is 268 g/mol. The Balaban J connectivity index is 2.76. The molecular weight excluding hydrogens is 251 g/mol. The van der Waals surface area contributed by atoms with Crippen LogP contribution in [0.25, 0.3) is 6.08 Å². The van der Waals surface area contributed by atoms with Gasteiger partial charge in [0.25, 0.3) is 0 Å². The van der Waals surface area contributed by atoms with Crippen LogP contribution < -0.4 is 4.74 Å². The predicted octanol–water partition coefficient (Wildman–Crippen LogP) is 2.73. The lowest BCUT2D eigenvalue weighted by Crippen LogP contribution is -2.14. The number of carbonyl (C=O) groups is 1. The summed E-state index contributed by atoms with van der Waals surface area (Å²) in [5.74, 6) is -1.18. The first-order valence-electron chi connectivity index (χ1n) is 5.88. The number of carboxylic acid groups (broad SMARTS) is 1. The molecule has 1 rings (SSSR count). The highest BCUT2D eigenvalue weighted by Crippen LogP contribution is 2.19. The van der Waals surface area contributed by atoms with E-state index in [2.05, 4.69) is 0 Å². The molecule has 1 aromatic carbocycles. The maximum atomic E-state index is 13.4. The second kappa shape index (κ2) is 7.53. The van der Waals surface area contributed by atoms with Crippen LogP contribution in [0.1, 0.15) is 18.9 Å². The summed E-state index contributed by atoms with van der Waals surface area (Å²) in [5, 5.41) is 8.53. The Labute approximate surface area is 111 Å². The zero-order chi connectivity index (χ0) is 14.3. The third-order valence-corrected chi connectivity index (χ3v) is 2.38.